The summed E-state index contributed by atoms with van der Waals surface area (Å²) in [7, 11) is 1.68. The third-order valence-corrected chi connectivity index (χ3v) is 4.75. The van der Waals surface area contributed by atoms with Crippen molar-refractivity contribution in [2.45, 2.75) is 19.3 Å². The molecule has 2 aliphatic heterocycles. The van der Waals surface area contributed by atoms with Crippen LogP contribution in [0.15, 0.2) is 24.3 Å². The van der Waals surface area contributed by atoms with E-state index in [1.807, 2.05) is 23.1 Å². The van der Waals surface area contributed by atoms with Gasteiger partial charge in [-0.1, -0.05) is 18.2 Å². The molecule has 5 nitrogen and oxygen atoms in total. The number of benzene rings is 1. The van der Waals surface area contributed by atoms with E-state index in [4.69, 9.17) is 0 Å². The van der Waals surface area contributed by atoms with E-state index in [9.17, 15) is 9.59 Å². The number of amides is 2. The molecular weight excluding hydrogens is 278 g/mol. The lowest BCUT2D eigenvalue weighted by Gasteiger charge is -2.31. The van der Waals surface area contributed by atoms with Gasteiger partial charge in [-0.15, -0.1) is 0 Å². The Labute approximate surface area is 131 Å². The molecule has 0 radical (unpaired) electrons. The molecule has 3 rings (SSSR count). The third-order valence-electron chi connectivity index (χ3n) is 4.75. The van der Waals surface area contributed by atoms with Gasteiger partial charge in [-0.25, -0.2) is 0 Å². The number of nitrogens with one attached hydrogen (secondary N) is 1. The van der Waals surface area contributed by atoms with Crippen molar-refractivity contribution < 1.29 is 9.59 Å². The van der Waals surface area contributed by atoms with Crippen molar-refractivity contribution in [2.75, 3.05) is 38.1 Å². The summed E-state index contributed by atoms with van der Waals surface area (Å²) < 4.78 is 0. The maximum atomic E-state index is 12.6. The monoisotopic (exact) mass is 301 g/mol. The summed E-state index contributed by atoms with van der Waals surface area (Å²) in [5.74, 6) is 0.395. The number of hydrogen-bond acceptors (Lipinski definition) is 3. The number of hydrogen-bond donors (Lipinski definition) is 1. The normalized spacial score (nSPS) is 19.0. The minimum absolute atomic E-state index is 0.101. The summed E-state index contributed by atoms with van der Waals surface area (Å²) in [6, 6.07) is 8.13. The fourth-order valence-electron chi connectivity index (χ4n) is 3.43. The molecule has 0 aromatic heterocycles. The Morgan fingerprint density at radius 2 is 1.91 bits per heavy atom. The van der Waals surface area contributed by atoms with Gasteiger partial charge in [0.05, 0.1) is 6.54 Å². The Morgan fingerprint density at radius 1 is 1.18 bits per heavy atom. The van der Waals surface area contributed by atoms with Gasteiger partial charge >= 0.3 is 0 Å². The zero-order chi connectivity index (χ0) is 15.5. The average Bonchev–Trinajstić information content (AvgIpc) is 2.99. The summed E-state index contributed by atoms with van der Waals surface area (Å²) in [5, 5.41) is 2.71. The highest BCUT2D eigenvalue weighted by atomic mass is 16.2. The SMILES string of the molecule is CNC(=O)C1CCN(CC(=O)N2CCc3ccccc32)CC1. The Balaban J connectivity index is 1.55. The molecule has 1 fully saturated rings. The Bertz CT molecular complexity index is 565. The number of likely N-dealkylation sites (tertiary alicyclic amines) is 1. The van der Waals surface area contributed by atoms with E-state index in [1.165, 1.54) is 5.56 Å². The van der Waals surface area contributed by atoms with Crippen molar-refractivity contribution in [2.24, 2.45) is 5.92 Å². The van der Waals surface area contributed by atoms with Gasteiger partial charge in [-0.3, -0.25) is 14.5 Å². The standard InChI is InChI=1S/C17H23N3O2/c1-18-17(22)14-6-9-19(10-7-14)12-16(21)20-11-8-13-4-2-3-5-15(13)20/h2-5,14H,6-12H2,1H3,(H,18,22). The lowest BCUT2D eigenvalue weighted by molar-refractivity contribution is -0.126. The van der Waals surface area contributed by atoms with E-state index in [0.29, 0.717) is 6.54 Å². The second-order valence-electron chi connectivity index (χ2n) is 6.09. The van der Waals surface area contributed by atoms with Crippen LogP contribution in [0.3, 0.4) is 0 Å². The van der Waals surface area contributed by atoms with Crippen LogP contribution in [0.5, 0.6) is 0 Å². The number of nitrogens with zero attached hydrogens (tertiary/aromatic N) is 2. The van der Waals surface area contributed by atoms with E-state index in [1.54, 1.807) is 7.05 Å². The van der Waals surface area contributed by atoms with Crippen LogP contribution >= 0.6 is 0 Å². The number of anilines is 1. The summed E-state index contributed by atoms with van der Waals surface area (Å²) in [6.07, 6.45) is 2.62. The van der Waals surface area contributed by atoms with Gasteiger partial charge in [0.2, 0.25) is 11.8 Å². The Hall–Kier alpha value is -1.88. The summed E-state index contributed by atoms with van der Waals surface area (Å²) in [6.45, 7) is 2.88. The van der Waals surface area contributed by atoms with Crippen molar-refractivity contribution in [3.63, 3.8) is 0 Å². The van der Waals surface area contributed by atoms with Crippen LogP contribution in [-0.2, 0) is 16.0 Å². The summed E-state index contributed by atoms with van der Waals surface area (Å²) >= 11 is 0. The van der Waals surface area contributed by atoms with E-state index in [-0.39, 0.29) is 17.7 Å². The number of carbonyl (C=O) groups is 2. The molecule has 0 saturated carbocycles. The minimum Gasteiger partial charge on any atom is -0.359 e. The third kappa shape index (κ3) is 2.99. The molecule has 1 aromatic carbocycles. The van der Waals surface area contributed by atoms with Gasteiger partial charge < -0.3 is 10.2 Å². The number of carbonyl (C=O) groups excluding carboxylic acids is 2. The van der Waals surface area contributed by atoms with Gasteiger partial charge in [0.1, 0.15) is 0 Å². The fraction of sp³-hybridized carbons (Fsp3) is 0.529. The Kier molecular flexibility index (Phi) is 4.43. The molecule has 22 heavy (non-hydrogen) atoms. The highest BCUT2D eigenvalue weighted by molar-refractivity contribution is 5.96. The molecule has 1 saturated heterocycles. The molecule has 0 spiro atoms. The molecule has 0 unspecified atom stereocenters. The van der Waals surface area contributed by atoms with Crippen LogP contribution in [0, 0.1) is 5.92 Å². The first kappa shape index (κ1) is 15.0. The number of piperidine rings is 1. The van der Waals surface area contributed by atoms with E-state index in [2.05, 4.69) is 16.3 Å². The summed E-state index contributed by atoms with van der Waals surface area (Å²) in [5.41, 5.74) is 2.32. The topological polar surface area (TPSA) is 52.7 Å². The van der Waals surface area contributed by atoms with Crippen molar-refractivity contribution >= 4 is 17.5 Å². The van der Waals surface area contributed by atoms with E-state index >= 15 is 0 Å². The molecule has 0 bridgehead atoms. The largest absolute Gasteiger partial charge is 0.359 e. The maximum absolute atomic E-state index is 12.6. The highest BCUT2D eigenvalue weighted by Gasteiger charge is 2.28. The predicted octanol–water partition coefficient (Wildman–Crippen LogP) is 1.03. The van der Waals surface area contributed by atoms with Crippen LogP contribution < -0.4 is 10.2 Å². The molecule has 2 aliphatic rings. The Morgan fingerprint density at radius 3 is 2.64 bits per heavy atom. The van der Waals surface area contributed by atoms with Crippen molar-refractivity contribution in [3.8, 4) is 0 Å². The predicted molar refractivity (Wildman–Crippen MR) is 85.7 cm³/mol. The number of para-hydroxylation sites is 1. The molecular formula is C17H23N3O2. The van der Waals surface area contributed by atoms with Crippen LogP contribution in [0.2, 0.25) is 0 Å². The highest BCUT2D eigenvalue weighted by Crippen LogP contribution is 2.27. The van der Waals surface area contributed by atoms with Crippen LogP contribution in [-0.4, -0.2) is 49.9 Å². The van der Waals surface area contributed by atoms with Gasteiger partial charge in [0.15, 0.2) is 0 Å². The second kappa shape index (κ2) is 6.48. The molecule has 118 valence electrons. The molecule has 0 atom stereocenters. The van der Waals surface area contributed by atoms with Gasteiger partial charge in [-0.05, 0) is 44.0 Å². The van der Waals surface area contributed by atoms with Crippen molar-refractivity contribution in [3.05, 3.63) is 29.8 Å². The molecule has 5 heteroatoms. The van der Waals surface area contributed by atoms with Crippen molar-refractivity contribution in [1.82, 2.24) is 10.2 Å². The number of rotatable bonds is 3. The number of fused-ring (bicyclic) bond motifs is 1. The first-order valence-corrected chi connectivity index (χ1v) is 8.01. The molecule has 1 N–H and O–H groups in total. The average molecular weight is 301 g/mol. The second-order valence-corrected chi connectivity index (χ2v) is 6.09. The van der Waals surface area contributed by atoms with Gasteiger partial charge in [-0.2, -0.15) is 0 Å². The van der Waals surface area contributed by atoms with Crippen LogP contribution in [0.25, 0.3) is 0 Å². The minimum atomic E-state index is 0.101. The molecule has 2 heterocycles. The quantitative estimate of drug-likeness (QED) is 0.907. The molecule has 2 amide bonds. The van der Waals surface area contributed by atoms with E-state index < -0.39 is 0 Å². The lowest BCUT2D eigenvalue weighted by Crippen LogP contribution is -2.45. The van der Waals surface area contributed by atoms with Gasteiger partial charge in [0.25, 0.3) is 0 Å². The first-order chi connectivity index (χ1) is 10.7. The smallest absolute Gasteiger partial charge is 0.241 e. The van der Waals surface area contributed by atoms with Gasteiger partial charge in [0, 0.05) is 25.2 Å². The summed E-state index contributed by atoms with van der Waals surface area (Å²) in [4.78, 5) is 28.3. The zero-order valence-corrected chi connectivity index (χ0v) is 13.0. The fourth-order valence-corrected chi connectivity index (χ4v) is 3.43. The van der Waals surface area contributed by atoms with E-state index in [0.717, 1.165) is 44.6 Å². The van der Waals surface area contributed by atoms with Crippen LogP contribution in [0.4, 0.5) is 5.69 Å². The maximum Gasteiger partial charge on any atom is 0.241 e. The first-order valence-electron chi connectivity index (χ1n) is 8.01. The van der Waals surface area contributed by atoms with Crippen LogP contribution in [0.1, 0.15) is 18.4 Å². The molecule has 1 aromatic rings. The lowest BCUT2D eigenvalue weighted by atomic mass is 9.96. The molecule has 0 aliphatic carbocycles. The van der Waals surface area contributed by atoms with Crippen molar-refractivity contribution in [1.29, 1.82) is 0 Å². The zero-order valence-electron chi connectivity index (χ0n) is 13.0.